The van der Waals surface area contributed by atoms with E-state index in [4.69, 9.17) is 46.8 Å². The Morgan fingerprint density at radius 2 is 1.26 bits per heavy atom. The monoisotopic (exact) mass is 946 g/mol. The molecule has 1 aliphatic heterocycles. The van der Waals surface area contributed by atoms with Gasteiger partial charge in [0.15, 0.2) is 5.96 Å². The van der Waals surface area contributed by atoms with E-state index in [0.29, 0.717) is 76.8 Å². The third-order valence-electron chi connectivity index (χ3n) is 11.5. The molecular formula is C46H58N16O7. The summed E-state index contributed by atoms with van der Waals surface area (Å²) in [4.78, 5) is 63.8. The summed E-state index contributed by atoms with van der Waals surface area (Å²) in [7, 11) is 3.31. The van der Waals surface area contributed by atoms with E-state index in [1.165, 1.54) is 31.4 Å². The summed E-state index contributed by atoms with van der Waals surface area (Å²) in [6.07, 6.45) is 7.86. The second-order valence-electron chi connectivity index (χ2n) is 16.3. The van der Waals surface area contributed by atoms with Crippen molar-refractivity contribution < 1.29 is 33.4 Å². The van der Waals surface area contributed by atoms with Crippen molar-refractivity contribution in [1.29, 1.82) is 5.41 Å². The molecule has 23 heteroatoms. The van der Waals surface area contributed by atoms with Crippen molar-refractivity contribution in [2.24, 2.45) is 17.2 Å². The quantitative estimate of drug-likeness (QED) is 0.0310. The van der Waals surface area contributed by atoms with Crippen molar-refractivity contribution in [2.45, 2.75) is 72.4 Å². The van der Waals surface area contributed by atoms with E-state index < -0.39 is 23.6 Å². The third-order valence-corrected chi connectivity index (χ3v) is 11.5. The summed E-state index contributed by atoms with van der Waals surface area (Å²) in [6, 6.07) is 9.51. The predicted octanol–water partition coefficient (Wildman–Crippen LogP) is 2.91. The number of guanidine groups is 1. The second kappa shape index (κ2) is 21.3. The van der Waals surface area contributed by atoms with Gasteiger partial charge in [-0.2, -0.15) is 10.2 Å². The van der Waals surface area contributed by atoms with E-state index in [-0.39, 0.29) is 73.2 Å². The van der Waals surface area contributed by atoms with Gasteiger partial charge in [-0.3, -0.25) is 44.6 Å². The van der Waals surface area contributed by atoms with Gasteiger partial charge in [-0.05, 0) is 83.6 Å². The van der Waals surface area contributed by atoms with Crippen LogP contribution in [0.15, 0.2) is 60.7 Å². The topological polar surface area (TPSA) is 308 Å². The van der Waals surface area contributed by atoms with Gasteiger partial charge in [-0.1, -0.05) is 18.2 Å². The molecule has 0 spiro atoms. The van der Waals surface area contributed by atoms with Crippen LogP contribution in [0.4, 0.5) is 11.9 Å². The number of nitrogens with two attached hydrogens (primary N) is 3. The lowest BCUT2D eigenvalue weighted by molar-refractivity contribution is 0.0839. The maximum atomic E-state index is 13.9. The third kappa shape index (κ3) is 10.7. The van der Waals surface area contributed by atoms with Gasteiger partial charge in [0, 0.05) is 56.4 Å². The number of likely N-dealkylation sites (N-methyl/N-ethyl adjacent to an activating group) is 1. The number of anilines is 2. The van der Waals surface area contributed by atoms with Crippen molar-refractivity contribution in [1.82, 2.24) is 48.9 Å². The number of imidazole rings is 2. The van der Waals surface area contributed by atoms with E-state index >= 15 is 0 Å². The Kier molecular flexibility index (Phi) is 15.1. The van der Waals surface area contributed by atoms with E-state index in [1.807, 2.05) is 44.0 Å². The number of likely N-dealkylation sites (tertiary alicyclic amines) is 1. The molecule has 1 saturated heterocycles. The van der Waals surface area contributed by atoms with Crippen LogP contribution < -0.4 is 42.6 Å². The number of aromatic nitrogens is 8. The molecule has 4 aromatic heterocycles. The summed E-state index contributed by atoms with van der Waals surface area (Å²) >= 11 is 0. The van der Waals surface area contributed by atoms with Gasteiger partial charge in [0.2, 0.25) is 23.7 Å². The van der Waals surface area contributed by atoms with Gasteiger partial charge < -0.3 is 50.8 Å². The summed E-state index contributed by atoms with van der Waals surface area (Å²) in [6.45, 7) is 10.1. The highest BCUT2D eigenvalue weighted by atomic mass is 16.5. The Bertz CT molecular complexity index is 2980. The number of fused-ring (bicyclic) bond motifs is 2. The summed E-state index contributed by atoms with van der Waals surface area (Å²) < 4.78 is 24.7. The number of allylic oxidation sites excluding steroid dienone is 2. The summed E-state index contributed by atoms with van der Waals surface area (Å²) in [5.74, 6) is -1.41. The van der Waals surface area contributed by atoms with Gasteiger partial charge in [0.05, 0.1) is 42.2 Å². The van der Waals surface area contributed by atoms with Gasteiger partial charge >= 0.3 is 0 Å². The number of benzene rings is 2. The zero-order valence-corrected chi connectivity index (χ0v) is 39.4. The van der Waals surface area contributed by atoms with Crippen molar-refractivity contribution >= 4 is 63.6 Å². The van der Waals surface area contributed by atoms with Crippen LogP contribution in [0.2, 0.25) is 0 Å². The van der Waals surface area contributed by atoms with Crippen LogP contribution in [0, 0.1) is 19.3 Å². The Morgan fingerprint density at radius 1 is 0.754 bits per heavy atom. The largest absolute Gasteiger partial charge is 0.494 e. The Hall–Kier alpha value is -8.05. The number of amides is 4. The second-order valence-corrected chi connectivity index (χ2v) is 16.3. The lowest BCUT2D eigenvalue weighted by Gasteiger charge is -2.23. The van der Waals surface area contributed by atoms with Crippen LogP contribution >= 0.6 is 0 Å². The predicted molar refractivity (Wildman–Crippen MR) is 259 cm³/mol. The fourth-order valence-corrected chi connectivity index (χ4v) is 8.37. The molecule has 7 rings (SSSR count). The fraction of sp³-hybridized carbons (Fsp3) is 0.370. The molecule has 0 radical (unpaired) electrons. The minimum absolute atomic E-state index is 0.00549. The fourth-order valence-electron chi connectivity index (χ4n) is 8.37. The highest BCUT2D eigenvalue weighted by molar-refractivity contribution is 6.05. The highest BCUT2D eigenvalue weighted by Crippen LogP contribution is 2.33. The van der Waals surface area contributed by atoms with Crippen LogP contribution in [-0.4, -0.2) is 126 Å². The number of hydrogen-bond donors (Lipinski definition) is 7. The van der Waals surface area contributed by atoms with Crippen LogP contribution in [0.1, 0.15) is 73.3 Å². The average Bonchev–Trinajstić information content (AvgIpc) is 4.15. The van der Waals surface area contributed by atoms with Gasteiger partial charge in [-0.15, -0.1) is 0 Å². The van der Waals surface area contributed by atoms with Crippen molar-refractivity contribution in [3.63, 3.8) is 0 Å². The molecule has 364 valence electrons. The molecule has 6 aromatic rings. The molecule has 2 unspecified atom stereocenters. The maximum absolute atomic E-state index is 13.9. The number of nitrogens with zero attached hydrogens (tertiary/aromatic N) is 9. The number of aryl methyl sites for hydroxylation is 4. The molecule has 2 atom stereocenters. The number of carbonyl (C=O) groups excluding carboxylic acids is 4. The van der Waals surface area contributed by atoms with E-state index in [1.54, 1.807) is 50.6 Å². The van der Waals surface area contributed by atoms with Gasteiger partial charge in [0.25, 0.3) is 11.8 Å². The summed E-state index contributed by atoms with van der Waals surface area (Å²) in [5.41, 5.74) is 21.2. The minimum atomic E-state index is -0.705. The van der Waals surface area contributed by atoms with Gasteiger partial charge in [-0.25, -0.2) is 9.97 Å². The van der Waals surface area contributed by atoms with Crippen LogP contribution in [0.25, 0.3) is 22.1 Å². The number of hydrogen-bond acceptors (Lipinski definition) is 13. The lowest BCUT2D eigenvalue weighted by atomic mass is 10.1. The minimum Gasteiger partial charge on any atom is -0.494 e. The Labute approximate surface area is 397 Å². The lowest BCUT2D eigenvalue weighted by Crippen LogP contribution is -2.44. The zero-order valence-electron chi connectivity index (χ0n) is 39.4. The summed E-state index contributed by atoms with van der Waals surface area (Å²) in [5, 5.41) is 25.8. The Balaban J connectivity index is 1.20. The highest BCUT2D eigenvalue weighted by Gasteiger charge is 2.33. The number of rotatable bonds is 21. The maximum Gasteiger partial charge on any atom is 0.276 e. The van der Waals surface area contributed by atoms with Crippen molar-refractivity contribution in [3.05, 3.63) is 94.6 Å². The SMILES string of the molecule is CCn1nc(C)cc1C(=O)Nc1nc2cc(C(N)=O)cc(OC)c2n1C/C=C/Cn1c(NC(=O)c2cc(C)nn2CC)nc2cc(C(N)=O)cc(OC/C=C/COC3CC(CNC)N(C(=N)N)C3)c21. The molecule has 5 heterocycles. The smallest absolute Gasteiger partial charge is 0.276 e. The van der Waals surface area contributed by atoms with Crippen molar-refractivity contribution in [3.8, 4) is 11.5 Å². The van der Waals surface area contributed by atoms with E-state index in [2.05, 4.69) is 26.1 Å². The molecular weight excluding hydrogens is 889 g/mol. The number of ether oxygens (including phenoxy) is 3. The number of methoxy groups -OCH3 is 1. The van der Waals surface area contributed by atoms with E-state index in [0.717, 1.165) is 6.42 Å². The molecule has 4 amide bonds. The normalized spacial score (nSPS) is 15.0. The van der Waals surface area contributed by atoms with Crippen LogP contribution in [-0.2, 0) is 30.9 Å². The van der Waals surface area contributed by atoms with Crippen LogP contribution in [0.5, 0.6) is 11.5 Å². The first-order valence-electron chi connectivity index (χ1n) is 22.4. The van der Waals surface area contributed by atoms with E-state index in [9.17, 15) is 19.2 Å². The molecule has 0 aliphatic carbocycles. The number of primary amides is 2. The molecule has 1 fully saturated rings. The Morgan fingerprint density at radius 3 is 1.74 bits per heavy atom. The number of nitrogens with one attached hydrogen (secondary N) is 4. The first-order chi connectivity index (χ1) is 33.1. The first-order valence-corrected chi connectivity index (χ1v) is 22.4. The molecule has 10 N–H and O–H groups in total. The standard InChI is InChI=1S/C46H58N16O7/c1-7-61-34(17-26(3)56-61)42(65)54-45-52-32-19-28(40(47)63)21-36(67-6)38(32)58(45)13-9-10-14-59-39-33(53-46(59)55-43(66)35-18-27(4)57-62(35)8-2)20-29(41(48)64)22-37(39)69-16-12-11-15-68-31-23-30(24-51-5)60(25-31)44(49)50/h9-12,17-22,30-31,51H,7-8,13-16,23-25H2,1-6H3,(H2,47,63)(H2,48,64)(H3,49,50)(H,52,54,65)(H,53,55,66)/b10-9+,12-11+. The molecule has 2 aromatic carbocycles. The first kappa shape index (κ1) is 48.9. The van der Waals surface area contributed by atoms with Gasteiger partial charge in [0.1, 0.15) is 40.5 Å². The molecule has 69 heavy (non-hydrogen) atoms. The zero-order chi connectivity index (χ0) is 49.5. The number of carbonyl (C=O) groups is 4. The molecule has 1 aliphatic rings. The molecule has 23 nitrogen and oxygen atoms in total. The van der Waals surface area contributed by atoms with Crippen molar-refractivity contribution in [2.75, 3.05) is 51.1 Å². The van der Waals surface area contributed by atoms with Crippen LogP contribution in [0.3, 0.4) is 0 Å². The molecule has 0 bridgehead atoms. The molecule has 0 saturated carbocycles. The average molecular weight is 947 g/mol.